The summed E-state index contributed by atoms with van der Waals surface area (Å²) < 4.78 is 0. The molecule has 0 spiro atoms. The number of nitrogens with one attached hydrogen (secondary N) is 3. The summed E-state index contributed by atoms with van der Waals surface area (Å²) in [5, 5.41) is 11.3. The van der Waals surface area contributed by atoms with Crippen molar-refractivity contribution in [2.75, 3.05) is 19.6 Å². The summed E-state index contributed by atoms with van der Waals surface area (Å²) in [6.45, 7) is 8.21. The van der Waals surface area contributed by atoms with Crippen LogP contribution in [0, 0.1) is 5.92 Å². The maximum absolute atomic E-state index is 12.5. The van der Waals surface area contributed by atoms with Crippen molar-refractivity contribution >= 4 is 35.0 Å². The molecule has 0 aliphatic rings. The van der Waals surface area contributed by atoms with Crippen molar-refractivity contribution in [1.29, 1.82) is 0 Å². The van der Waals surface area contributed by atoms with Crippen molar-refractivity contribution < 1.29 is 9.59 Å². The molecule has 28 heavy (non-hydrogen) atoms. The monoisotopic (exact) mass is 405 g/mol. The Labute approximate surface area is 174 Å². The van der Waals surface area contributed by atoms with Crippen LogP contribution in [0.1, 0.15) is 32.8 Å². The number of halogens is 1. The van der Waals surface area contributed by atoms with Gasteiger partial charge in [-0.15, -0.1) is 12.4 Å². The number of hydrogen-bond acceptors (Lipinski definition) is 3. The first-order valence-electron chi connectivity index (χ1n) is 9.76. The van der Waals surface area contributed by atoms with Gasteiger partial charge in [-0.1, -0.05) is 63.2 Å². The van der Waals surface area contributed by atoms with Crippen molar-refractivity contribution in [3.05, 3.63) is 48.0 Å². The largest absolute Gasteiger partial charge is 0.353 e. The minimum atomic E-state index is -0.524. The molecule has 2 aromatic carbocycles. The number of carbonyl (C=O) groups is 2. The fourth-order valence-corrected chi connectivity index (χ4v) is 2.98. The standard InChI is InChI=1S/C22H31N3O2.ClH/c1-4-11-23-12-13-24-22(27)21(16(2)3)25-20(26)15-17-9-10-18-7-5-6-8-19(18)14-17;/h5-10,14,16,21,23H,4,11-13,15H2,1-3H3,(H,24,27)(H,25,26);1H. The van der Waals surface area contributed by atoms with Gasteiger partial charge in [-0.05, 0) is 35.2 Å². The zero-order valence-corrected chi connectivity index (χ0v) is 17.8. The SMILES string of the molecule is CCCNCCNC(=O)C(NC(=O)Cc1ccc2ccccc2c1)C(C)C.Cl. The first-order valence-corrected chi connectivity index (χ1v) is 9.76. The summed E-state index contributed by atoms with van der Waals surface area (Å²) in [6.07, 6.45) is 1.33. The van der Waals surface area contributed by atoms with Gasteiger partial charge < -0.3 is 16.0 Å². The Morgan fingerprint density at radius 1 is 0.964 bits per heavy atom. The van der Waals surface area contributed by atoms with Gasteiger partial charge in [0.2, 0.25) is 11.8 Å². The zero-order valence-electron chi connectivity index (χ0n) is 17.0. The number of benzene rings is 2. The average molecular weight is 406 g/mol. The second-order valence-electron chi connectivity index (χ2n) is 7.19. The van der Waals surface area contributed by atoms with Gasteiger partial charge in [0.25, 0.3) is 0 Å². The highest BCUT2D eigenvalue weighted by Crippen LogP contribution is 2.16. The van der Waals surface area contributed by atoms with E-state index >= 15 is 0 Å². The molecule has 3 N–H and O–H groups in total. The molecule has 0 radical (unpaired) electrons. The number of hydrogen-bond donors (Lipinski definition) is 3. The summed E-state index contributed by atoms with van der Waals surface area (Å²) in [4.78, 5) is 24.9. The third-order valence-electron chi connectivity index (χ3n) is 4.47. The van der Waals surface area contributed by atoms with Gasteiger partial charge in [0.15, 0.2) is 0 Å². The van der Waals surface area contributed by atoms with Crippen LogP contribution in [0.2, 0.25) is 0 Å². The van der Waals surface area contributed by atoms with Crippen molar-refractivity contribution in [3.63, 3.8) is 0 Å². The molecule has 154 valence electrons. The molecule has 0 bridgehead atoms. The molecule has 6 heteroatoms. The summed E-state index contributed by atoms with van der Waals surface area (Å²) in [6, 6.07) is 13.6. The lowest BCUT2D eigenvalue weighted by Crippen LogP contribution is -2.51. The number of rotatable bonds is 10. The summed E-state index contributed by atoms with van der Waals surface area (Å²) in [7, 11) is 0. The van der Waals surface area contributed by atoms with E-state index in [1.807, 2.05) is 56.3 Å². The molecule has 5 nitrogen and oxygen atoms in total. The van der Waals surface area contributed by atoms with Gasteiger partial charge in [-0.25, -0.2) is 0 Å². The van der Waals surface area contributed by atoms with Crippen LogP contribution in [0.3, 0.4) is 0 Å². The number of amides is 2. The third-order valence-corrected chi connectivity index (χ3v) is 4.47. The minimum absolute atomic E-state index is 0. The molecule has 0 heterocycles. The van der Waals surface area contributed by atoms with Crippen LogP contribution >= 0.6 is 12.4 Å². The molecule has 0 aliphatic carbocycles. The molecular weight excluding hydrogens is 374 g/mol. The van der Waals surface area contributed by atoms with Gasteiger partial charge in [-0.3, -0.25) is 9.59 Å². The molecule has 0 saturated heterocycles. The molecule has 0 fully saturated rings. The second-order valence-corrected chi connectivity index (χ2v) is 7.19. The van der Waals surface area contributed by atoms with E-state index in [1.54, 1.807) is 0 Å². The van der Waals surface area contributed by atoms with Gasteiger partial charge in [-0.2, -0.15) is 0 Å². The predicted molar refractivity (Wildman–Crippen MR) is 118 cm³/mol. The van der Waals surface area contributed by atoms with E-state index in [1.165, 1.54) is 0 Å². The first-order chi connectivity index (χ1) is 13.0. The smallest absolute Gasteiger partial charge is 0.242 e. The van der Waals surface area contributed by atoms with E-state index in [0.717, 1.165) is 35.8 Å². The Morgan fingerprint density at radius 3 is 2.36 bits per heavy atom. The fraction of sp³-hybridized carbons (Fsp3) is 0.455. The molecule has 2 aromatic rings. The van der Waals surface area contributed by atoms with Crippen molar-refractivity contribution in [2.24, 2.45) is 5.92 Å². The molecule has 1 unspecified atom stereocenters. The highest BCUT2D eigenvalue weighted by molar-refractivity contribution is 5.89. The number of carbonyl (C=O) groups excluding carboxylic acids is 2. The zero-order chi connectivity index (χ0) is 19.6. The Bertz CT molecular complexity index is 764. The van der Waals surface area contributed by atoms with Crippen LogP contribution in [-0.2, 0) is 16.0 Å². The van der Waals surface area contributed by atoms with Crippen molar-refractivity contribution in [2.45, 2.75) is 39.7 Å². The van der Waals surface area contributed by atoms with E-state index in [0.29, 0.717) is 6.54 Å². The van der Waals surface area contributed by atoms with Crippen LogP contribution in [0.5, 0.6) is 0 Å². The average Bonchev–Trinajstić information content (AvgIpc) is 2.65. The predicted octanol–water partition coefficient (Wildman–Crippen LogP) is 3.06. The molecular formula is C22H32ClN3O2. The van der Waals surface area contributed by atoms with Crippen LogP contribution in [0.25, 0.3) is 10.8 Å². The lowest BCUT2D eigenvalue weighted by Gasteiger charge is -2.22. The van der Waals surface area contributed by atoms with Gasteiger partial charge >= 0.3 is 0 Å². The highest BCUT2D eigenvalue weighted by Gasteiger charge is 2.23. The first kappa shape index (κ1) is 23.9. The van der Waals surface area contributed by atoms with Crippen molar-refractivity contribution in [3.8, 4) is 0 Å². The molecule has 0 saturated carbocycles. The Morgan fingerprint density at radius 2 is 1.68 bits per heavy atom. The summed E-state index contributed by atoms with van der Waals surface area (Å²) >= 11 is 0. The fourth-order valence-electron chi connectivity index (χ4n) is 2.98. The van der Waals surface area contributed by atoms with E-state index in [9.17, 15) is 9.59 Å². The van der Waals surface area contributed by atoms with Crippen molar-refractivity contribution in [1.82, 2.24) is 16.0 Å². The van der Waals surface area contributed by atoms with Crippen LogP contribution < -0.4 is 16.0 Å². The van der Waals surface area contributed by atoms with Crippen LogP contribution in [0.4, 0.5) is 0 Å². The van der Waals surface area contributed by atoms with Crippen LogP contribution in [-0.4, -0.2) is 37.5 Å². The van der Waals surface area contributed by atoms with E-state index in [2.05, 4.69) is 22.9 Å². The summed E-state index contributed by atoms with van der Waals surface area (Å²) in [5.74, 6) is -0.243. The Hall–Kier alpha value is -2.11. The Kier molecular flexibility index (Phi) is 10.6. The minimum Gasteiger partial charge on any atom is -0.353 e. The summed E-state index contributed by atoms with van der Waals surface area (Å²) in [5.41, 5.74) is 0.942. The maximum Gasteiger partial charge on any atom is 0.242 e. The highest BCUT2D eigenvalue weighted by atomic mass is 35.5. The molecule has 2 amide bonds. The van der Waals surface area contributed by atoms with Gasteiger partial charge in [0.1, 0.15) is 6.04 Å². The molecule has 2 rings (SSSR count). The molecule has 1 atom stereocenters. The second kappa shape index (κ2) is 12.4. The normalized spacial score (nSPS) is 11.7. The maximum atomic E-state index is 12.5. The molecule has 0 aliphatic heterocycles. The lowest BCUT2D eigenvalue weighted by molar-refractivity contribution is -0.129. The van der Waals surface area contributed by atoms with Crippen LogP contribution in [0.15, 0.2) is 42.5 Å². The third kappa shape index (κ3) is 7.49. The lowest BCUT2D eigenvalue weighted by atomic mass is 10.0. The van der Waals surface area contributed by atoms with Gasteiger partial charge in [0, 0.05) is 13.1 Å². The molecule has 0 aromatic heterocycles. The van der Waals surface area contributed by atoms with E-state index < -0.39 is 6.04 Å². The topological polar surface area (TPSA) is 70.2 Å². The van der Waals surface area contributed by atoms with E-state index in [-0.39, 0.29) is 36.6 Å². The quantitative estimate of drug-likeness (QED) is 0.532. The number of fused-ring (bicyclic) bond motifs is 1. The van der Waals surface area contributed by atoms with Gasteiger partial charge in [0.05, 0.1) is 6.42 Å². The Balaban J connectivity index is 0.00000392. The van der Waals surface area contributed by atoms with E-state index in [4.69, 9.17) is 0 Å².